The number of nitrogens with zero attached hydrogens (tertiary/aromatic N) is 1. The molecule has 0 aromatic heterocycles. The fraction of sp³-hybridized carbons (Fsp3) is 0.818. The first kappa shape index (κ1) is 26.4. The number of aliphatic carboxylic acids is 1. The zero-order valence-corrected chi connectivity index (χ0v) is 20.2. The number of likely N-dealkylation sites (tertiary alicyclic amines) is 1. The van der Waals surface area contributed by atoms with Gasteiger partial charge in [-0.05, 0) is 52.9 Å². The van der Waals surface area contributed by atoms with Gasteiger partial charge in [-0.15, -0.1) is 11.8 Å². The van der Waals surface area contributed by atoms with Crippen LogP contribution >= 0.6 is 11.8 Å². The van der Waals surface area contributed by atoms with Crippen LogP contribution in [0.3, 0.4) is 0 Å². The standard InChI is InChI=1S/C22H36N2O7S/c1-5-30-21(28)14(4)32-12-16(22(29)31-6-2)23-13(3)19(25)24-17-10-8-7-9-15(17)11-18(24)20(26)27/h13-18,23H,5-12H2,1-4H3,(H,26,27)/t13?,14-,15?,16+,17?,18-/m0/s1. The monoisotopic (exact) mass is 472 g/mol. The maximum absolute atomic E-state index is 13.3. The molecule has 1 saturated heterocycles. The van der Waals surface area contributed by atoms with E-state index in [0.717, 1.165) is 25.7 Å². The lowest BCUT2D eigenvalue weighted by atomic mass is 9.84. The second kappa shape index (κ2) is 12.4. The minimum atomic E-state index is -0.985. The highest BCUT2D eigenvalue weighted by molar-refractivity contribution is 8.00. The first-order chi connectivity index (χ1) is 15.2. The number of amides is 1. The first-order valence-electron chi connectivity index (χ1n) is 11.5. The van der Waals surface area contributed by atoms with Gasteiger partial charge in [0.25, 0.3) is 0 Å². The van der Waals surface area contributed by atoms with E-state index in [2.05, 4.69) is 5.32 Å². The molecule has 0 aromatic rings. The Labute approximate surface area is 193 Å². The Hall–Kier alpha value is -1.81. The summed E-state index contributed by atoms with van der Waals surface area (Å²) in [5, 5.41) is 12.3. The summed E-state index contributed by atoms with van der Waals surface area (Å²) in [7, 11) is 0. The third-order valence-corrected chi connectivity index (χ3v) is 7.37. The van der Waals surface area contributed by atoms with Crippen molar-refractivity contribution >= 4 is 35.6 Å². The van der Waals surface area contributed by atoms with Gasteiger partial charge in [0.2, 0.25) is 5.91 Å². The van der Waals surface area contributed by atoms with Crippen molar-refractivity contribution in [3.8, 4) is 0 Å². The Morgan fingerprint density at radius 2 is 1.69 bits per heavy atom. The van der Waals surface area contributed by atoms with E-state index in [0.29, 0.717) is 6.42 Å². The van der Waals surface area contributed by atoms with Crippen molar-refractivity contribution in [3.05, 3.63) is 0 Å². The number of fused-ring (bicyclic) bond motifs is 1. The predicted octanol–water partition coefficient (Wildman–Crippen LogP) is 1.83. The Balaban J connectivity index is 2.08. The number of carbonyl (C=O) groups excluding carboxylic acids is 3. The molecule has 0 radical (unpaired) electrons. The third-order valence-electron chi connectivity index (χ3n) is 6.15. The molecule has 2 N–H and O–H groups in total. The Morgan fingerprint density at radius 3 is 2.31 bits per heavy atom. The molecule has 0 aromatic carbocycles. The molecule has 1 aliphatic carbocycles. The van der Waals surface area contributed by atoms with Crippen molar-refractivity contribution in [2.45, 2.75) is 89.2 Å². The van der Waals surface area contributed by atoms with Gasteiger partial charge in [-0.3, -0.25) is 19.7 Å². The Bertz CT molecular complexity index is 689. The maximum Gasteiger partial charge on any atom is 0.326 e. The molecule has 2 aliphatic rings. The van der Waals surface area contributed by atoms with Crippen LogP contribution in [0, 0.1) is 5.92 Å². The molecule has 3 unspecified atom stereocenters. The number of carbonyl (C=O) groups is 4. The lowest BCUT2D eigenvalue weighted by molar-refractivity contribution is -0.151. The smallest absolute Gasteiger partial charge is 0.326 e. The normalized spacial score (nSPS) is 25.4. The van der Waals surface area contributed by atoms with Gasteiger partial charge in [0.05, 0.1) is 24.5 Å². The molecular weight excluding hydrogens is 436 g/mol. The summed E-state index contributed by atoms with van der Waals surface area (Å²) < 4.78 is 10.1. The van der Waals surface area contributed by atoms with Crippen LogP contribution < -0.4 is 5.32 Å². The lowest BCUT2D eigenvalue weighted by Crippen LogP contribution is -2.56. The molecule has 2 rings (SSSR count). The molecule has 0 spiro atoms. The summed E-state index contributed by atoms with van der Waals surface area (Å²) in [6, 6.07) is -2.49. The number of hydrogen-bond acceptors (Lipinski definition) is 8. The van der Waals surface area contributed by atoms with Crippen LogP contribution in [0.4, 0.5) is 0 Å². The van der Waals surface area contributed by atoms with Crippen molar-refractivity contribution in [1.82, 2.24) is 10.2 Å². The zero-order chi connectivity index (χ0) is 23.8. The topological polar surface area (TPSA) is 122 Å². The fourth-order valence-electron chi connectivity index (χ4n) is 4.59. The fourth-order valence-corrected chi connectivity index (χ4v) is 5.51. The molecule has 10 heteroatoms. The molecule has 0 bridgehead atoms. The van der Waals surface area contributed by atoms with Crippen molar-refractivity contribution in [1.29, 1.82) is 0 Å². The maximum atomic E-state index is 13.3. The molecule has 32 heavy (non-hydrogen) atoms. The molecule has 1 heterocycles. The summed E-state index contributed by atoms with van der Waals surface area (Å²) in [6.07, 6.45) is 4.26. The number of rotatable bonds is 11. The van der Waals surface area contributed by atoms with Gasteiger partial charge in [0.1, 0.15) is 12.1 Å². The number of thioether (sulfide) groups is 1. The summed E-state index contributed by atoms with van der Waals surface area (Å²) >= 11 is 1.24. The first-order valence-corrected chi connectivity index (χ1v) is 12.5. The van der Waals surface area contributed by atoms with Gasteiger partial charge in [-0.1, -0.05) is 12.8 Å². The molecule has 9 nitrogen and oxygen atoms in total. The van der Waals surface area contributed by atoms with Gasteiger partial charge >= 0.3 is 17.9 Å². The number of ether oxygens (including phenoxy) is 2. The lowest BCUT2D eigenvalue weighted by Gasteiger charge is -2.35. The van der Waals surface area contributed by atoms with E-state index in [1.165, 1.54) is 16.7 Å². The summed E-state index contributed by atoms with van der Waals surface area (Å²) in [4.78, 5) is 51.1. The highest BCUT2D eigenvalue weighted by atomic mass is 32.2. The van der Waals surface area contributed by atoms with E-state index in [1.54, 1.807) is 27.7 Å². The van der Waals surface area contributed by atoms with E-state index in [1.807, 2.05) is 0 Å². The molecule has 1 amide bonds. The average Bonchev–Trinajstić information content (AvgIpc) is 3.15. The van der Waals surface area contributed by atoms with Crippen LogP contribution in [-0.2, 0) is 28.7 Å². The Morgan fingerprint density at radius 1 is 1.06 bits per heavy atom. The highest BCUT2D eigenvalue weighted by Gasteiger charge is 2.48. The second-order valence-corrected chi connectivity index (χ2v) is 9.74. The second-order valence-electron chi connectivity index (χ2n) is 8.37. The van der Waals surface area contributed by atoms with Gasteiger partial charge < -0.3 is 19.5 Å². The van der Waals surface area contributed by atoms with Gasteiger partial charge in [-0.25, -0.2) is 4.79 Å². The number of hydrogen-bond donors (Lipinski definition) is 2. The van der Waals surface area contributed by atoms with E-state index >= 15 is 0 Å². The summed E-state index contributed by atoms with van der Waals surface area (Å²) in [5.74, 6) is -1.75. The molecular formula is C22H36N2O7S. The van der Waals surface area contributed by atoms with Crippen molar-refractivity contribution in [3.63, 3.8) is 0 Å². The minimum absolute atomic E-state index is 0.0687. The van der Waals surface area contributed by atoms with E-state index in [9.17, 15) is 24.3 Å². The quantitative estimate of drug-likeness (QED) is 0.434. The number of esters is 2. The van der Waals surface area contributed by atoms with Crippen LogP contribution in [0.2, 0.25) is 0 Å². The van der Waals surface area contributed by atoms with Crippen molar-refractivity contribution in [2.24, 2.45) is 5.92 Å². The summed E-state index contributed by atoms with van der Waals surface area (Å²) in [5.41, 5.74) is 0. The molecule has 1 saturated carbocycles. The molecule has 1 aliphatic heterocycles. The van der Waals surface area contributed by atoms with Crippen LogP contribution in [0.25, 0.3) is 0 Å². The minimum Gasteiger partial charge on any atom is -0.480 e. The van der Waals surface area contributed by atoms with Crippen molar-refractivity contribution < 1.29 is 33.8 Å². The highest BCUT2D eigenvalue weighted by Crippen LogP contribution is 2.40. The van der Waals surface area contributed by atoms with Gasteiger partial charge in [-0.2, -0.15) is 0 Å². The number of carboxylic acid groups (broad SMARTS) is 1. The molecule has 182 valence electrons. The number of carboxylic acids is 1. The molecule has 2 fully saturated rings. The van der Waals surface area contributed by atoms with E-state index in [4.69, 9.17) is 9.47 Å². The van der Waals surface area contributed by atoms with Crippen LogP contribution in [0.5, 0.6) is 0 Å². The number of nitrogens with one attached hydrogen (secondary N) is 1. The predicted molar refractivity (Wildman–Crippen MR) is 120 cm³/mol. The summed E-state index contributed by atoms with van der Waals surface area (Å²) in [6.45, 7) is 7.23. The zero-order valence-electron chi connectivity index (χ0n) is 19.4. The third kappa shape index (κ3) is 6.60. The Kier molecular flexibility index (Phi) is 10.3. The van der Waals surface area contributed by atoms with Gasteiger partial charge in [0.15, 0.2) is 0 Å². The van der Waals surface area contributed by atoms with Gasteiger partial charge in [0, 0.05) is 11.8 Å². The van der Waals surface area contributed by atoms with Crippen LogP contribution in [-0.4, -0.2) is 82.2 Å². The largest absolute Gasteiger partial charge is 0.480 e. The van der Waals surface area contributed by atoms with E-state index < -0.39 is 35.3 Å². The SMILES string of the molecule is CCOC(=O)[C@H](C)SC[C@@H](NC(C)C(=O)N1C2CCCCC2C[C@H]1C(=O)O)C(=O)OCC. The van der Waals surface area contributed by atoms with Crippen LogP contribution in [0.15, 0.2) is 0 Å². The molecule has 6 atom stereocenters. The van der Waals surface area contributed by atoms with E-state index in [-0.39, 0.29) is 42.8 Å². The average molecular weight is 473 g/mol. The van der Waals surface area contributed by atoms with Crippen molar-refractivity contribution in [2.75, 3.05) is 19.0 Å². The van der Waals surface area contributed by atoms with Crippen LogP contribution in [0.1, 0.15) is 59.8 Å².